The van der Waals surface area contributed by atoms with E-state index in [2.05, 4.69) is 5.32 Å². The summed E-state index contributed by atoms with van der Waals surface area (Å²) in [6.07, 6.45) is 4.18. The molecule has 4 rings (SSSR count). The highest BCUT2D eigenvalue weighted by atomic mass is 35.5. The molecule has 1 aliphatic carbocycles. The maximum atomic E-state index is 10.8. The molecule has 1 aliphatic rings. The zero-order chi connectivity index (χ0) is 22.2. The molecule has 0 heterocycles. The van der Waals surface area contributed by atoms with Crippen LogP contribution >= 0.6 is 11.6 Å². The van der Waals surface area contributed by atoms with Crippen molar-refractivity contribution in [3.8, 4) is 11.5 Å². The lowest BCUT2D eigenvalue weighted by Crippen LogP contribution is -2.30. The monoisotopic (exact) mass is 451 g/mol. The Bertz CT molecular complexity index is 975. The third-order valence-electron chi connectivity index (χ3n) is 5.83. The van der Waals surface area contributed by atoms with E-state index in [1.807, 2.05) is 66.7 Å². The predicted octanol–water partition coefficient (Wildman–Crippen LogP) is 6.06. The first-order valence-electron chi connectivity index (χ1n) is 11.3. The van der Waals surface area contributed by atoms with Crippen LogP contribution in [0.3, 0.4) is 0 Å². The molecular weight excluding hydrogens is 422 g/mol. The molecule has 0 amide bonds. The lowest BCUT2D eigenvalue weighted by atomic mass is 10.1. The van der Waals surface area contributed by atoms with Crippen LogP contribution in [0.2, 0.25) is 5.02 Å². The van der Waals surface area contributed by atoms with E-state index in [4.69, 9.17) is 21.1 Å². The van der Waals surface area contributed by atoms with Gasteiger partial charge in [0.25, 0.3) is 0 Å². The number of aliphatic hydroxyl groups is 1. The van der Waals surface area contributed by atoms with Gasteiger partial charge >= 0.3 is 0 Å². The minimum absolute atomic E-state index is 0.382. The van der Waals surface area contributed by atoms with Crippen LogP contribution in [-0.2, 0) is 13.2 Å². The van der Waals surface area contributed by atoms with Crippen molar-refractivity contribution in [1.82, 2.24) is 5.32 Å². The van der Waals surface area contributed by atoms with Gasteiger partial charge in [-0.15, -0.1) is 0 Å². The lowest BCUT2D eigenvalue weighted by molar-refractivity contribution is 0.169. The molecule has 1 saturated carbocycles. The van der Waals surface area contributed by atoms with Crippen molar-refractivity contribution >= 4 is 11.6 Å². The number of rotatable bonds is 10. The average Bonchev–Trinajstić information content (AvgIpc) is 3.35. The van der Waals surface area contributed by atoms with Crippen LogP contribution in [-0.4, -0.2) is 17.7 Å². The number of hydrogen-bond acceptors (Lipinski definition) is 4. The third kappa shape index (κ3) is 6.26. The van der Waals surface area contributed by atoms with Gasteiger partial charge in [0.1, 0.15) is 13.2 Å². The first kappa shape index (κ1) is 22.7. The van der Waals surface area contributed by atoms with E-state index in [1.165, 1.54) is 25.7 Å². The van der Waals surface area contributed by atoms with E-state index < -0.39 is 6.10 Å². The predicted molar refractivity (Wildman–Crippen MR) is 128 cm³/mol. The Morgan fingerprint density at radius 3 is 2.09 bits per heavy atom. The zero-order valence-electron chi connectivity index (χ0n) is 18.2. The van der Waals surface area contributed by atoms with E-state index in [0.717, 1.165) is 16.7 Å². The Morgan fingerprint density at radius 1 is 0.875 bits per heavy atom. The largest absolute Gasteiger partial charge is 0.485 e. The van der Waals surface area contributed by atoms with E-state index in [-0.39, 0.29) is 0 Å². The Balaban J connectivity index is 1.51. The summed E-state index contributed by atoms with van der Waals surface area (Å²) < 4.78 is 12.2. The van der Waals surface area contributed by atoms with Crippen LogP contribution < -0.4 is 14.8 Å². The number of ether oxygens (including phenoxy) is 2. The summed E-state index contributed by atoms with van der Waals surface area (Å²) in [5.74, 6) is 1.03. The van der Waals surface area contributed by atoms with Crippen LogP contribution in [0.15, 0.2) is 72.8 Å². The second kappa shape index (κ2) is 11.4. The standard InChI is InChI=1S/C27H30ClNO3/c28-24-15-22(25(30)17-29-23-13-7-8-14-23)16-26(31-18-20-9-3-1-4-10-20)27(24)32-19-21-11-5-2-6-12-21/h1-6,9-12,15-16,23,25,29-30H,7-8,13-14,17-19H2. The highest BCUT2D eigenvalue weighted by Crippen LogP contribution is 2.39. The summed E-state index contributed by atoms with van der Waals surface area (Å²) >= 11 is 6.62. The molecule has 3 aromatic rings. The second-order valence-corrected chi connectivity index (χ2v) is 8.69. The molecular formula is C27H30ClNO3. The van der Waals surface area contributed by atoms with Gasteiger partial charge in [0.15, 0.2) is 11.5 Å². The summed E-state index contributed by atoms with van der Waals surface area (Å²) in [6, 6.07) is 24.0. The molecule has 4 nitrogen and oxygen atoms in total. The Kier molecular flexibility index (Phi) is 8.05. The number of nitrogens with one attached hydrogen (secondary N) is 1. The van der Waals surface area contributed by atoms with Crippen molar-refractivity contribution < 1.29 is 14.6 Å². The highest BCUT2D eigenvalue weighted by Gasteiger charge is 2.20. The Hall–Kier alpha value is -2.53. The lowest BCUT2D eigenvalue weighted by Gasteiger charge is -2.20. The first-order chi connectivity index (χ1) is 15.7. The van der Waals surface area contributed by atoms with Crippen LogP contribution in [0.1, 0.15) is 48.5 Å². The summed E-state index contributed by atoms with van der Waals surface area (Å²) in [7, 11) is 0. The van der Waals surface area contributed by atoms with Crippen LogP contribution in [0.25, 0.3) is 0 Å². The molecule has 3 aromatic carbocycles. The molecule has 168 valence electrons. The average molecular weight is 452 g/mol. The van der Waals surface area contributed by atoms with Crippen molar-refractivity contribution in [1.29, 1.82) is 0 Å². The number of benzene rings is 3. The first-order valence-corrected chi connectivity index (χ1v) is 11.6. The molecule has 1 atom stereocenters. The SMILES string of the molecule is OC(CNC1CCCC1)c1cc(Cl)c(OCc2ccccc2)c(OCc2ccccc2)c1. The maximum Gasteiger partial charge on any atom is 0.180 e. The van der Waals surface area contributed by atoms with Gasteiger partial charge < -0.3 is 19.9 Å². The molecule has 0 bridgehead atoms. The Labute approximate surface area is 195 Å². The fourth-order valence-electron chi connectivity index (χ4n) is 4.02. The molecule has 1 fully saturated rings. The smallest absolute Gasteiger partial charge is 0.180 e. The molecule has 5 heteroatoms. The van der Waals surface area contributed by atoms with Gasteiger partial charge in [0.05, 0.1) is 11.1 Å². The molecule has 2 N–H and O–H groups in total. The van der Waals surface area contributed by atoms with E-state index in [1.54, 1.807) is 6.07 Å². The molecule has 0 radical (unpaired) electrons. The highest BCUT2D eigenvalue weighted by molar-refractivity contribution is 6.32. The van der Waals surface area contributed by atoms with E-state index >= 15 is 0 Å². The van der Waals surface area contributed by atoms with Gasteiger partial charge in [0.2, 0.25) is 0 Å². The van der Waals surface area contributed by atoms with Gasteiger partial charge in [-0.2, -0.15) is 0 Å². The molecule has 1 unspecified atom stereocenters. The van der Waals surface area contributed by atoms with Crippen molar-refractivity contribution in [3.05, 3.63) is 94.5 Å². The van der Waals surface area contributed by atoms with Crippen molar-refractivity contribution in [2.45, 2.75) is 51.0 Å². The fraction of sp³-hybridized carbons (Fsp3) is 0.333. The quantitative estimate of drug-likeness (QED) is 0.393. The normalized spacial score (nSPS) is 14.9. The van der Waals surface area contributed by atoms with Crippen molar-refractivity contribution in [2.75, 3.05) is 6.54 Å². The van der Waals surface area contributed by atoms with Crippen LogP contribution in [0.4, 0.5) is 0 Å². The molecule has 0 saturated heterocycles. The van der Waals surface area contributed by atoms with E-state index in [9.17, 15) is 5.11 Å². The van der Waals surface area contributed by atoms with Gasteiger partial charge in [0, 0.05) is 12.6 Å². The summed E-state index contributed by atoms with van der Waals surface area (Å²) in [4.78, 5) is 0. The zero-order valence-corrected chi connectivity index (χ0v) is 18.9. The van der Waals surface area contributed by atoms with Crippen LogP contribution in [0, 0.1) is 0 Å². The second-order valence-electron chi connectivity index (χ2n) is 8.28. The van der Waals surface area contributed by atoms with Crippen molar-refractivity contribution in [3.63, 3.8) is 0 Å². The number of halogens is 1. The summed E-state index contributed by atoms with van der Waals surface area (Å²) in [5.41, 5.74) is 2.81. The Morgan fingerprint density at radius 2 is 1.47 bits per heavy atom. The van der Waals surface area contributed by atoms with Crippen LogP contribution in [0.5, 0.6) is 11.5 Å². The van der Waals surface area contributed by atoms with Gasteiger partial charge in [-0.1, -0.05) is 85.1 Å². The summed E-state index contributed by atoms with van der Waals surface area (Å²) in [6.45, 7) is 1.26. The molecule has 0 spiro atoms. The summed E-state index contributed by atoms with van der Waals surface area (Å²) in [5, 5.41) is 14.7. The molecule has 0 aromatic heterocycles. The van der Waals surface area contributed by atoms with Gasteiger partial charge in [-0.3, -0.25) is 0 Å². The minimum atomic E-state index is -0.671. The van der Waals surface area contributed by atoms with Gasteiger partial charge in [-0.25, -0.2) is 0 Å². The minimum Gasteiger partial charge on any atom is -0.485 e. The van der Waals surface area contributed by atoms with Gasteiger partial charge in [-0.05, 0) is 41.7 Å². The van der Waals surface area contributed by atoms with E-state index in [0.29, 0.717) is 42.3 Å². The molecule has 32 heavy (non-hydrogen) atoms. The number of hydrogen-bond donors (Lipinski definition) is 2. The molecule has 0 aliphatic heterocycles. The maximum absolute atomic E-state index is 10.8. The third-order valence-corrected chi connectivity index (χ3v) is 6.12. The van der Waals surface area contributed by atoms with Crippen molar-refractivity contribution in [2.24, 2.45) is 0 Å². The topological polar surface area (TPSA) is 50.7 Å². The fourth-order valence-corrected chi connectivity index (χ4v) is 4.29. The number of aliphatic hydroxyl groups excluding tert-OH is 1.